The van der Waals surface area contributed by atoms with Crippen LogP contribution >= 0.6 is 0 Å². The van der Waals surface area contributed by atoms with E-state index in [0.29, 0.717) is 18.5 Å². The Morgan fingerprint density at radius 3 is 3.12 bits per heavy atom. The normalized spacial score (nSPS) is 20.0. The molecule has 1 atom stereocenters. The number of piperidine rings is 1. The molecule has 0 saturated carbocycles. The molecule has 0 amide bonds. The monoisotopic (exact) mass is 236 g/mol. The van der Waals surface area contributed by atoms with E-state index >= 15 is 0 Å². The molecule has 2 N–H and O–H groups in total. The van der Waals surface area contributed by atoms with Gasteiger partial charge in [0.05, 0.1) is 12.2 Å². The fourth-order valence-electron chi connectivity index (χ4n) is 2.03. The number of nitrogens with one attached hydrogen (secondary N) is 2. The summed E-state index contributed by atoms with van der Waals surface area (Å²) < 4.78 is 5.46. The van der Waals surface area contributed by atoms with Crippen LogP contribution in [0.25, 0.3) is 0 Å². The van der Waals surface area contributed by atoms with Crippen LogP contribution in [-0.4, -0.2) is 35.7 Å². The second kappa shape index (κ2) is 5.82. The molecule has 1 aromatic rings. The largest absolute Gasteiger partial charge is 0.478 e. The van der Waals surface area contributed by atoms with Crippen LogP contribution in [0, 0.1) is 6.92 Å². The highest BCUT2D eigenvalue weighted by molar-refractivity contribution is 5.48. The van der Waals surface area contributed by atoms with Crippen molar-refractivity contribution in [3.63, 3.8) is 0 Å². The van der Waals surface area contributed by atoms with Crippen LogP contribution in [0.4, 0.5) is 5.82 Å². The van der Waals surface area contributed by atoms with Gasteiger partial charge < -0.3 is 15.4 Å². The Morgan fingerprint density at radius 2 is 2.41 bits per heavy atom. The van der Waals surface area contributed by atoms with Crippen molar-refractivity contribution >= 4 is 5.82 Å². The molecule has 0 radical (unpaired) electrons. The summed E-state index contributed by atoms with van der Waals surface area (Å²) in [5.74, 6) is 1.56. The van der Waals surface area contributed by atoms with Crippen molar-refractivity contribution in [2.24, 2.45) is 0 Å². The summed E-state index contributed by atoms with van der Waals surface area (Å²) in [6, 6.07) is 0.451. The topological polar surface area (TPSA) is 59.1 Å². The lowest BCUT2D eigenvalue weighted by atomic mass is 10.1. The van der Waals surface area contributed by atoms with Crippen molar-refractivity contribution < 1.29 is 4.74 Å². The van der Waals surface area contributed by atoms with Crippen molar-refractivity contribution in [2.45, 2.75) is 32.7 Å². The van der Waals surface area contributed by atoms with Crippen molar-refractivity contribution in [1.29, 1.82) is 0 Å². The SMILES string of the molecule is CCOc1ncnc(NC2CCCNC2)c1C. The third-order valence-electron chi connectivity index (χ3n) is 2.96. The first-order valence-corrected chi connectivity index (χ1v) is 6.23. The molecule has 1 aliphatic heterocycles. The number of nitrogens with zero attached hydrogens (tertiary/aromatic N) is 2. The number of hydrogen-bond donors (Lipinski definition) is 2. The van der Waals surface area contributed by atoms with Crippen LogP contribution in [0.3, 0.4) is 0 Å². The van der Waals surface area contributed by atoms with Crippen LogP contribution < -0.4 is 15.4 Å². The van der Waals surface area contributed by atoms with Gasteiger partial charge in [-0.3, -0.25) is 0 Å². The van der Waals surface area contributed by atoms with Gasteiger partial charge in [-0.2, -0.15) is 0 Å². The fourth-order valence-corrected chi connectivity index (χ4v) is 2.03. The fraction of sp³-hybridized carbons (Fsp3) is 0.667. The Balaban J connectivity index is 2.06. The van der Waals surface area contributed by atoms with E-state index in [-0.39, 0.29) is 0 Å². The summed E-state index contributed by atoms with van der Waals surface area (Å²) in [6.07, 6.45) is 3.94. The number of hydrogen-bond acceptors (Lipinski definition) is 5. The molecule has 1 saturated heterocycles. The molecule has 1 unspecified atom stereocenters. The minimum atomic E-state index is 0.451. The minimum absolute atomic E-state index is 0.451. The number of aromatic nitrogens is 2. The first kappa shape index (κ1) is 12.1. The zero-order valence-corrected chi connectivity index (χ0v) is 10.5. The van der Waals surface area contributed by atoms with Crippen molar-refractivity contribution in [2.75, 3.05) is 25.0 Å². The molecule has 0 bridgehead atoms. The van der Waals surface area contributed by atoms with E-state index in [1.54, 1.807) is 6.33 Å². The summed E-state index contributed by atoms with van der Waals surface area (Å²) in [5, 5.41) is 6.83. The van der Waals surface area contributed by atoms with Gasteiger partial charge in [-0.1, -0.05) is 0 Å². The lowest BCUT2D eigenvalue weighted by molar-refractivity contribution is 0.323. The van der Waals surface area contributed by atoms with Crippen molar-refractivity contribution in [3.8, 4) is 5.88 Å². The molecule has 1 aromatic heterocycles. The average molecular weight is 236 g/mol. The van der Waals surface area contributed by atoms with E-state index in [2.05, 4.69) is 20.6 Å². The lowest BCUT2D eigenvalue weighted by Gasteiger charge is -2.25. The molecule has 5 nitrogen and oxygen atoms in total. The summed E-state index contributed by atoms with van der Waals surface area (Å²) in [7, 11) is 0. The predicted octanol–water partition coefficient (Wildman–Crippen LogP) is 1.35. The third kappa shape index (κ3) is 3.06. The van der Waals surface area contributed by atoms with Crippen LogP contribution in [-0.2, 0) is 0 Å². The summed E-state index contributed by atoms with van der Waals surface area (Å²) in [6.45, 7) is 6.68. The summed E-state index contributed by atoms with van der Waals surface area (Å²) in [4.78, 5) is 8.42. The zero-order chi connectivity index (χ0) is 12.1. The van der Waals surface area contributed by atoms with Gasteiger partial charge in [0.25, 0.3) is 0 Å². The number of ether oxygens (including phenoxy) is 1. The van der Waals surface area contributed by atoms with Gasteiger partial charge in [0.2, 0.25) is 5.88 Å². The van der Waals surface area contributed by atoms with Gasteiger partial charge in [-0.05, 0) is 33.2 Å². The second-order valence-corrected chi connectivity index (χ2v) is 4.27. The highest BCUT2D eigenvalue weighted by Gasteiger charge is 2.15. The van der Waals surface area contributed by atoms with E-state index in [1.807, 2.05) is 13.8 Å². The molecular formula is C12H20N4O. The van der Waals surface area contributed by atoms with Crippen LogP contribution in [0.1, 0.15) is 25.3 Å². The maximum atomic E-state index is 5.46. The Bertz CT molecular complexity index is 364. The summed E-state index contributed by atoms with van der Waals surface area (Å²) in [5.41, 5.74) is 0.986. The van der Waals surface area contributed by atoms with Gasteiger partial charge in [0.1, 0.15) is 12.1 Å². The second-order valence-electron chi connectivity index (χ2n) is 4.27. The molecule has 0 aliphatic carbocycles. The molecule has 1 aliphatic rings. The highest BCUT2D eigenvalue weighted by Crippen LogP contribution is 2.21. The molecule has 94 valence electrons. The minimum Gasteiger partial charge on any atom is -0.478 e. The molecule has 2 heterocycles. The molecule has 5 heteroatoms. The molecule has 2 rings (SSSR count). The van der Waals surface area contributed by atoms with Crippen LogP contribution in [0.15, 0.2) is 6.33 Å². The molecule has 0 spiro atoms. The Labute approximate surface area is 102 Å². The van der Waals surface area contributed by atoms with Gasteiger partial charge in [0.15, 0.2) is 0 Å². The zero-order valence-electron chi connectivity index (χ0n) is 10.5. The van der Waals surface area contributed by atoms with Crippen LogP contribution in [0.5, 0.6) is 5.88 Å². The third-order valence-corrected chi connectivity index (χ3v) is 2.96. The van der Waals surface area contributed by atoms with E-state index in [0.717, 1.165) is 24.5 Å². The highest BCUT2D eigenvalue weighted by atomic mass is 16.5. The standard InChI is InChI=1S/C12H20N4O/c1-3-17-12-9(2)11(14-8-15-12)16-10-5-4-6-13-7-10/h8,10,13H,3-7H2,1-2H3,(H,14,15,16). The maximum absolute atomic E-state index is 5.46. The Hall–Kier alpha value is -1.36. The van der Waals surface area contributed by atoms with Gasteiger partial charge in [-0.25, -0.2) is 9.97 Å². The Morgan fingerprint density at radius 1 is 1.53 bits per heavy atom. The quantitative estimate of drug-likeness (QED) is 0.826. The molecule has 1 fully saturated rings. The predicted molar refractivity (Wildman–Crippen MR) is 67.5 cm³/mol. The van der Waals surface area contributed by atoms with Gasteiger partial charge in [0, 0.05) is 12.6 Å². The number of rotatable bonds is 4. The van der Waals surface area contributed by atoms with Crippen molar-refractivity contribution in [3.05, 3.63) is 11.9 Å². The van der Waals surface area contributed by atoms with E-state index < -0.39 is 0 Å². The maximum Gasteiger partial charge on any atom is 0.221 e. The molecule has 17 heavy (non-hydrogen) atoms. The van der Waals surface area contributed by atoms with E-state index in [9.17, 15) is 0 Å². The van der Waals surface area contributed by atoms with Gasteiger partial charge >= 0.3 is 0 Å². The van der Waals surface area contributed by atoms with Crippen LogP contribution in [0.2, 0.25) is 0 Å². The van der Waals surface area contributed by atoms with E-state index in [4.69, 9.17) is 4.74 Å². The lowest BCUT2D eigenvalue weighted by Crippen LogP contribution is -2.38. The first-order chi connectivity index (χ1) is 8.31. The molecular weight excluding hydrogens is 216 g/mol. The van der Waals surface area contributed by atoms with Crippen molar-refractivity contribution in [1.82, 2.24) is 15.3 Å². The van der Waals surface area contributed by atoms with Gasteiger partial charge in [-0.15, -0.1) is 0 Å². The smallest absolute Gasteiger partial charge is 0.221 e. The molecule has 0 aromatic carbocycles. The van der Waals surface area contributed by atoms with E-state index in [1.165, 1.54) is 12.8 Å². The summed E-state index contributed by atoms with van der Waals surface area (Å²) >= 11 is 0. The first-order valence-electron chi connectivity index (χ1n) is 6.23. The number of anilines is 1. The average Bonchev–Trinajstić information content (AvgIpc) is 2.36. The Kier molecular flexibility index (Phi) is 4.14.